The van der Waals surface area contributed by atoms with Crippen LogP contribution in [0.3, 0.4) is 0 Å². The minimum Gasteiger partial charge on any atom is -0.455 e. The molecular formula is C46H26O2. The van der Waals surface area contributed by atoms with Crippen molar-refractivity contribution >= 4 is 87.0 Å². The van der Waals surface area contributed by atoms with Gasteiger partial charge in [0.1, 0.15) is 22.3 Å². The lowest BCUT2D eigenvalue weighted by molar-refractivity contribution is 0.669. The molecule has 0 amide bonds. The summed E-state index contributed by atoms with van der Waals surface area (Å²) in [4.78, 5) is 0. The first-order chi connectivity index (χ1) is 23.9. The van der Waals surface area contributed by atoms with Crippen molar-refractivity contribution in [2.45, 2.75) is 0 Å². The molecule has 0 spiro atoms. The van der Waals surface area contributed by atoms with Gasteiger partial charge in [0.05, 0.1) is 0 Å². The summed E-state index contributed by atoms with van der Waals surface area (Å²) in [6.07, 6.45) is 0. The first-order valence-electron chi connectivity index (χ1n) is 16.4. The van der Waals surface area contributed by atoms with Crippen molar-refractivity contribution in [1.29, 1.82) is 0 Å². The lowest BCUT2D eigenvalue weighted by Gasteiger charge is -2.12. The Morgan fingerprint density at radius 2 is 0.521 bits per heavy atom. The highest BCUT2D eigenvalue weighted by molar-refractivity contribution is 6.40. The summed E-state index contributed by atoms with van der Waals surface area (Å²) < 4.78 is 14.6. The van der Waals surface area contributed by atoms with Gasteiger partial charge in [-0.2, -0.15) is 0 Å². The van der Waals surface area contributed by atoms with Crippen molar-refractivity contribution in [2.75, 3.05) is 0 Å². The molecule has 0 radical (unpaired) electrons. The Balaban J connectivity index is 1.53. The third kappa shape index (κ3) is 3.31. The molecule has 48 heavy (non-hydrogen) atoms. The summed E-state index contributed by atoms with van der Waals surface area (Å²) in [5.74, 6) is 0. The lowest BCUT2D eigenvalue weighted by atomic mass is 9.87. The van der Waals surface area contributed by atoms with Crippen molar-refractivity contribution in [3.8, 4) is 22.3 Å². The molecular weight excluding hydrogens is 585 g/mol. The van der Waals surface area contributed by atoms with Crippen molar-refractivity contribution in [2.24, 2.45) is 0 Å². The van der Waals surface area contributed by atoms with Crippen LogP contribution in [0.5, 0.6) is 0 Å². The number of fused-ring (bicyclic) bond motifs is 16. The van der Waals surface area contributed by atoms with Crippen LogP contribution in [0.15, 0.2) is 167 Å². The molecule has 0 aliphatic rings. The summed E-state index contributed by atoms with van der Waals surface area (Å²) in [5, 5.41) is 13.8. The predicted molar refractivity (Wildman–Crippen MR) is 202 cm³/mol. The molecule has 0 bridgehead atoms. The molecule has 0 fully saturated rings. The largest absolute Gasteiger partial charge is 0.455 e. The fourth-order valence-corrected chi connectivity index (χ4v) is 8.28. The zero-order chi connectivity index (χ0) is 31.3. The minimum absolute atomic E-state index is 0.879. The Hall–Kier alpha value is -6.38. The van der Waals surface area contributed by atoms with Crippen LogP contribution in [-0.2, 0) is 0 Å². The van der Waals surface area contributed by atoms with Gasteiger partial charge >= 0.3 is 0 Å². The number of benzene rings is 9. The fourth-order valence-electron chi connectivity index (χ4n) is 8.28. The van der Waals surface area contributed by atoms with E-state index in [0.717, 1.165) is 76.9 Å². The first-order valence-corrected chi connectivity index (χ1v) is 16.4. The summed E-state index contributed by atoms with van der Waals surface area (Å²) >= 11 is 0. The van der Waals surface area contributed by atoms with Crippen LogP contribution >= 0.6 is 0 Å². The van der Waals surface area contributed by atoms with Crippen molar-refractivity contribution in [3.63, 3.8) is 0 Å². The van der Waals surface area contributed by atoms with Gasteiger partial charge in [0.25, 0.3) is 0 Å². The van der Waals surface area contributed by atoms with Crippen molar-refractivity contribution in [1.82, 2.24) is 0 Å². The van der Waals surface area contributed by atoms with Crippen LogP contribution < -0.4 is 0 Å². The van der Waals surface area contributed by atoms with Crippen LogP contribution in [-0.4, -0.2) is 0 Å². The molecule has 0 unspecified atom stereocenters. The van der Waals surface area contributed by atoms with E-state index in [0.29, 0.717) is 0 Å². The second-order valence-electron chi connectivity index (χ2n) is 12.7. The molecule has 11 aromatic rings. The predicted octanol–water partition coefficient (Wildman–Crippen LogP) is 13.4. The molecule has 2 nitrogen and oxygen atoms in total. The maximum absolute atomic E-state index is 7.31. The van der Waals surface area contributed by atoms with Gasteiger partial charge in [0.2, 0.25) is 0 Å². The van der Waals surface area contributed by atoms with E-state index in [1.165, 1.54) is 32.3 Å². The monoisotopic (exact) mass is 610 g/mol. The number of hydrogen-bond acceptors (Lipinski definition) is 2. The molecule has 11 rings (SSSR count). The third-order valence-electron chi connectivity index (χ3n) is 10.2. The van der Waals surface area contributed by atoms with E-state index in [4.69, 9.17) is 8.83 Å². The zero-order valence-corrected chi connectivity index (χ0v) is 25.8. The van der Waals surface area contributed by atoms with Gasteiger partial charge < -0.3 is 8.83 Å². The van der Waals surface area contributed by atoms with E-state index < -0.39 is 0 Å². The Kier molecular flexibility index (Phi) is 5.14. The molecule has 2 heterocycles. The van der Waals surface area contributed by atoms with Crippen LogP contribution in [0.1, 0.15) is 0 Å². The lowest BCUT2D eigenvalue weighted by Crippen LogP contribution is -1.88. The maximum atomic E-state index is 7.31. The summed E-state index contributed by atoms with van der Waals surface area (Å²) in [6, 6.07) is 56.1. The van der Waals surface area contributed by atoms with E-state index >= 15 is 0 Å². The number of furan rings is 2. The zero-order valence-electron chi connectivity index (χ0n) is 25.8. The summed E-state index contributed by atoms with van der Waals surface area (Å²) in [7, 11) is 0. The quantitative estimate of drug-likeness (QED) is 0.182. The van der Waals surface area contributed by atoms with Gasteiger partial charge in [-0.25, -0.2) is 0 Å². The van der Waals surface area contributed by atoms with Gasteiger partial charge in [-0.3, -0.25) is 0 Å². The Labute approximate surface area is 275 Å². The number of rotatable bonds is 2. The maximum Gasteiger partial charge on any atom is 0.144 e. The molecule has 2 aromatic heterocycles. The highest BCUT2D eigenvalue weighted by Crippen LogP contribution is 2.54. The average molecular weight is 611 g/mol. The van der Waals surface area contributed by atoms with Gasteiger partial charge in [0.15, 0.2) is 0 Å². The molecule has 9 aromatic carbocycles. The van der Waals surface area contributed by atoms with Gasteiger partial charge in [-0.05, 0) is 43.4 Å². The summed E-state index contributed by atoms with van der Waals surface area (Å²) in [5.41, 5.74) is 7.88. The Morgan fingerprint density at radius 1 is 0.229 bits per heavy atom. The van der Waals surface area contributed by atoms with Crippen LogP contribution in [0.4, 0.5) is 0 Å². The fraction of sp³-hybridized carbons (Fsp3) is 0. The second kappa shape index (κ2) is 9.57. The minimum atomic E-state index is 0.879. The van der Waals surface area contributed by atoms with Gasteiger partial charge in [-0.1, -0.05) is 158 Å². The normalized spacial score (nSPS) is 12.2. The third-order valence-corrected chi connectivity index (χ3v) is 10.2. The van der Waals surface area contributed by atoms with E-state index in [1.54, 1.807) is 0 Å². The molecule has 0 saturated carbocycles. The van der Waals surface area contributed by atoms with Crippen molar-refractivity contribution in [3.05, 3.63) is 158 Å². The SMILES string of the molecule is c1ccc(-c2c3oc4c5ccccc5c5ccccc5c4c3c(-c3ccccc3)c3oc4c5ccccc5c5ccccc5c4c23)cc1. The van der Waals surface area contributed by atoms with Crippen LogP contribution in [0.2, 0.25) is 0 Å². The molecule has 222 valence electrons. The second-order valence-corrected chi connectivity index (χ2v) is 12.7. The average Bonchev–Trinajstić information content (AvgIpc) is 3.75. The van der Waals surface area contributed by atoms with E-state index in [1.807, 2.05) is 0 Å². The molecule has 0 aliphatic carbocycles. The summed E-state index contributed by atoms with van der Waals surface area (Å²) in [6.45, 7) is 0. The first kappa shape index (κ1) is 25.8. The number of hydrogen-bond donors (Lipinski definition) is 0. The van der Waals surface area contributed by atoms with Crippen LogP contribution in [0.25, 0.3) is 109 Å². The molecule has 0 N–H and O–H groups in total. The van der Waals surface area contributed by atoms with E-state index in [-0.39, 0.29) is 0 Å². The topological polar surface area (TPSA) is 26.3 Å². The molecule has 0 aliphatic heterocycles. The molecule has 2 heteroatoms. The van der Waals surface area contributed by atoms with Gasteiger partial charge in [0, 0.05) is 43.4 Å². The standard InChI is InChI=1S/C46H26O2/c1-3-15-27(16-4-1)37-41-39-33-23-11-7-19-29(33)31-21-9-13-25-35(31)43(39)48-46(41)38(28-17-5-2-6-18-28)42-40-34-24-12-8-20-30(34)32-22-10-14-26-36(32)44(40)47-45(37)42/h1-26H. The molecule has 0 atom stereocenters. The van der Waals surface area contributed by atoms with Gasteiger partial charge in [-0.15, -0.1) is 0 Å². The van der Waals surface area contributed by atoms with Crippen molar-refractivity contribution < 1.29 is 8.83 Å². The van der Waals surface area contributed by atoms with Crippen LogP contribution in [0, 0.1) is 0 Å². The molecule has 0 saturated heterocycles. The highest BCUT2D eigenvalue weighted by Gasteiger charge is 2.29. The Morgan fingerprint density at radius 3 is 0.896 bits per heavy atom. The Bertz CT molecular complexity index is 2880. The highest BCUT2D eigenvalue weighted by atomic mass is 16.3. The smallest absolute Gasteiger partial charge is 0.144 e. The van der Waals surface area contributed by atoms with E-state index in [2.05, 4.69) is 158 Å². The van der Waals surface area contributed by atoms with E-state index in [9.17, 15) is 0 Å².